The molecule has 3 aliphatic rings. The monoisotopic (exact) mass is 544 g/mol. The summed E-state index contributed by atoms with van der Waals surface area (Å²) < 4.78 is 7.06. The molecule has 0 saturated carbocycles. The Morgan fingerprint density at radius 3 is 2.77 bits per heavy atom. The first-order valence-electron chi connectivity index (χ1n) is 13.9. The highest BCUT2D eigenvalue weighted by Crippen LogP contribution is 2.46. The molecule has 9 nitrogen and oxygen atoms in total. The lowest BCUT2D eigenvalue weighted by atomic mass is 9.68. The molecular weight excluding hydrogens is 504 g/mol. The molecule has 1 aromatic heterocycles. The van der Waals surface area contributed by atoms with Gasteiger partial charge in [-0.25, -0.2) is 4.68 Å². The van der Waals surface area contributed by atoms with Crippen LogP contribution in [0, 0.1) is 24.2 Å². The minimum Gasteiger partial charge on any atom is -0.512 e. The number of esters is 1. The van der Waals surface area contributed by atoms with E-state index < -0.39 is 5.41 Å². The highest BCUT2D eigenvalue weighted by Gasteiger charge is 2.42. The van der Waals surface area contributed by atoms with Crippen LogP contribution in [-0.2, 0) is 16.6 Å². The number of benzene rings is 1. The van der Waals surface area contributed by atoms with Crippen LogP contribution < -0.4 is 5.32 Å². The number of aliphatic hydroxyl groups is 1. The Hall–Kier alpha value is -3.72. The summed E-state index contributed by atoms with van der Waals surface area (Å²) in [5.74, 6) is 0.452. The van der Waals surface area contributed by atoms with Gasteiger partial charge in [-0.3, -0.25) is 9.80 Å². The van der Waals surface area contributed by atoms with Crippen molar-refractivity contribution in [3.63, 3.8) is 0 Å². The number of nitrogens with one attached hydrogen (secondary N) is 1. The Bertz CT molecular complexity index is 1490. The summed E-state index contributed by atoms with van der Waals surface area (Å²) in [5.41, 5.74) is 7.45. The first-order valence-corrected chi connectivity index (χ1v) is 13.9. The van der Waals surface area contributed by atoms with Crippen molar-refractivity contribution in [3.05, 3.63) is 69.7 Å². The average molecular weight is 545 g/mol. The van der Waals surface area contributed by atoms with E-state index in [9.17, 15) is 9.90 Å². The first-order chi connectivity index (χ1) is 19.0. The number of allylic oxidation sites excluding steroid dienone is 5. The highest BCUT2D eigenvalue weighted by molar-refractivity contribution is 5.82. The van der Waals surface area contributed by atoms with E-state index in [2.05, 4.69) is 52.8 Å². The molecule has 212 valence electrons. The van der Waals surface area contributed by atoms with Gasteiger partial charge in [0.2, 0.25) is 0 Å². The smallest absolute Gasteiger partial charge is 0.312 e. The Morgan fingerprint density at radius 2 is 2.02 bits per heavy atom. The predicted octanol–water partition coefficient (Wildman–Crippen LogP) is 4.69. The average Bonchev–Trinajstić information content (AvgIpc) is 3.48. The minimum atomic E-state index is -0.812. The molecule has 0 amide bonds. The SMILES string of the molecule is COC(=O)C(C)(C)C(C1=CCC(C)C(CNCC2=C(O)CC3C=NN(C)C3=C2)=C1)c1ccc2c(nnn2C)c1C. The third-order valence-electron chi connectivity index (χ3n) is 8.77. The van der Waals surface area contributed by atoms with E-state index in [1.54, 1.807) is 4.68 Å². The topological polar surface area (TPSA) is 105 Å². The number of aryl methyl sites for hydroxylation is 2. The molecule has 40 heavy (non-hydrogen) atoms. The molecule has 2 aliphatic carbocycles. The predicted molar refractivity (Wildman–Crippen MR) is 157 cm³/mol. The highest BCUT2D eigenvalue weighted by atomic mass is 16.5. The number of fused-ring (bicyclic) bond motifs is 2. The summed E-state index contributed by atoms with van der Waals surface area (Å²) >= 11 is 0. The van der Waals surface area contributed by atoms with Crippen LogP contribution in [0.1, 0.15) is 50.7 Å². The fourth-order valence-electron chi connectivity index (χ4n) is 6.25. The number of aliphatic hydroxyl groups excluding tert-OH is 1. The number of carbonyl (C=O) groups is 1. The third kappa shape index (κ3) is 4.87. The number of hydrogen-bond donors (Lipinski definition) is 2. The number of hydrogen-bond acceptors (Lipinski definition) is 8. The van der Waals surface area contributed by atoms with Crippen LogP contribution in [0.5, 0.6) is 0 Å². The van der Waals surface area contributed by atoms with E-state index in [-0.39, 0.29) is 17.8 Å². The summed E-state index contributed by atoms with van der Waals surface area (Å²) in [4.78, 5) is 13.1. The van der Waals surface area contributed by atoms with Gasteiger partial charge in [0.25, 0.3) is 0 Å². The van der Waals surface area contributed by atoms with Crippen molar-refractivity contribution in [2.45, 2.75) is 46.5 Å². The number of hydrazone groups is 1. The molecule has 2 heterocycles. The van der Waals surface area contributed by atoms with E-state index in [0.717, 1.165) is 45.4 Å². The van der Waals surface area contributed by atoms with Gasteiger partial charge in [-0.15, -0.1) is 5.10 Å². The number of methoxy groups -OCH3 is 1. The van der Waals surface area contributed by atoms with Gasteiger partial charge in [0, 0.05) is 62.9 Å². The molecule has 2 N–H and O–H groups in total. The van der Waals surface area contributed by atoms with Crippen molar-refractivity contribution in [1.29, 1.82) is 0 Å². The largest absolute Gasteiger partial charge is 0.512 e. The fraction of sp³-hybridized carbons (Fsp3) is 0.484. The number of carbonyl (C=O) groups excluding carboxylic acids is 1. The van der Waals surface area contributed by atoms with Crippen molar-refractivity contribution >= 4 is 23.2 Å². The second-order valence-electron chi connectivity index (χ2n) is 11.8. The van der Waals surface area contributed by atoms with Crippen molar-refractivity contribution in [3.8, 4) is 0 Å². The summed E-state index contributed by atoms with van der Waals surface area (Å²) in [6, 6.07) is 4.14. The number of aromatic nitrogens is 3. The van der Waals surface area contributed by atoms with Crippen LogP contribution in [0.15, 0.2) is 63.6 Å². The van der Waals surface area contributed by atoms with Crippen molar-refractivity contribution in [1.82, 2.24) is 25.3 Å². The van der Waals surface area contributed by atoms with Crippen molar-refractivity contribution < 1.29 is 14.6 Å². The minimum absolute atomic E-state index is 0.155. The third-order valence-corrected chi connectivity index (χ3v) is 8.77. The van der Waals surface area contributed by atoms with Crippen LogP contribution in [0.2, 0.25) is 0 Å². The molecule has 0 radical (unpaired) electrons. The summed E-state index contributed by atoms with van der Waals surface area (Å²) in [5, 5.41) is 29.0. The normalized spacial score (nSPS) is 21.8. The van der Waals surface area contributed by atoms with Gasteiger partial charge in [0.05, 0.1) is 23.8 Å². The summed E-state index contributed by atoms with van der Waals surface area (Å²) in [7, 11) is 5.27. The molecule has 3 unspecified atom stereocenters. The zero-order valence-corrected chi connectivity index (χ0v) is 24.5. The number of nitrogens with zero attached hydrogens (tertiary/aromatic N) is 5. The van der Waals surface area contributed by atoms with Gasteiger partial charge in [-0.1, -0.05) is 35.9 Å². The van der Waals surface area contributed by atoms with Crippen LogP contribution in [0.3, 0.4) is 0 Å². The van der Waals surface area contributed by atoms with Crippen LogP contribution >= 0.6 is 0 Å². The Balaban J connectivity index is 1.42. The maximum atomic E-state index is 13.1. The first kappa shape index (κ1) is 27.8. The maximum absolute atomic E-state index is 13.1. The quantitative estimate of drug-likeness (QED) is 0.465. The molecule has 5 rings (SSSR count). The lowest BCUT2D eigenvalue weighted by molar-refractivity contribution is -0.151. The zero-order valence-electron chi connectivity index (χ0n) is 24.5. The zero-order chi connectivity index (χ0) is 28.8. The molecule has 1 aromatic carbocycles. The van der Waals surface area contributed by atoms with E-state index in [1.165, 1.54) is 12.7 Å². The maximum Gasteiger partial charge on any atom is 0.312 e. The van der Waals surface area contributed by atoms with Gasteiger partial charge >= 0.3 is 5.97 Å². The van der Waals surface area contributed by atoms with Crippen LogP contribution in [-0.4, -0.2) is 64.5 Å². The van der Waals surface area contributed by atoms with Gasteiger partial charge < -0.3 is 15.2 Å². The van der Waals surface area contributed by atoms with Crippen molar-refractivity contribution in [2.24, 2.45) is 29.4 Å². The fourth-order valence-corrected chi connectivity index (χ4v) is 6.25. The number of ether oxygens (including phenoxy) is 1. The van der Waals surface area contributed by atoms with Gasteiger partial charge in [0.1, 0.15) is 5.52 Å². The molecule has 0 fully saturated rings. The van der Waals surface area contributed by atoms with E-state index in [0.29, 0.717) is 31.2 Å². The van der Waals surface area contributed by atoms with Crippen molar-refractivity contribution in [2.75, 3.05) is 27.2 Å². The van der Waals surface area contributed by atoms with Crippen LogP contribution in [0.25, 0.3) is 11.0 Å². The summed E-state index contributed by atoms with van der Waals surface area (Å²) in [6.07, 6.45) is 9.92. The van der Waals surface area contributed by atoms with E-state index >= 15 is 0 Å². The van der Waals surface area contributed by atoms with Crippen LogP contribution in [0.4, 0.5) is 0 Å². The van der Waals surface area contributed by atoms with Gasteiger partial charge in [-0.05, 0) is 62.0 Å². The second kappa shape index (κ2) is 10.7. The standard InChI is InChI=1S/C31H40N6O3/c1-18-8-9-20(12-21(18)15-32-16-23-13-26-22(14-27(23)38)17-33-36(26)5)28(31(3,4)30(39)40-7)24-10-11-25-29(19(24)2)34-35-37(25)6/h9-13,17-18,22,28,32,38H,8,14-16H2,1-7H3. The molecule has 0 saturated heterocycles. The lowest BCUT2D eigenvalue weighted by Crippen LogP contribution is -2.35. The van der Waals surface area contributed by atoms with E-state index in [1.807, 2.05) is 51.3 Å². The van der Waals surface area contributed by atoms with Gasteiger partial charge in [0.15, 0.2) is 0 Å². The molecular formula is C31H40N6O3. The molecule has 2 aromatic rings. The Morgan fingerprint density at radius 1 is 1.25 bits per heavy atom. The number of rotatable bonds is 8. The Kier molecular flexibility index (Phi) is 7.44. The Labute approximate surface area is 236 Å². The molecule has 0 bridgehead atoms. The summed E-state index contributed by atoms with van der Waals surface area (Å²) in [6.45, 7) is 9.45. The molecule has 0 spiro atoms. The second-order valence-corrected chi connectivity index (χ2v) is 11.8. The molecule has 9 heteroatoms. The van der Waals surface area contributed by atoms with Gasteiger partial charge in [-0.2, -0.15) is 5.10 Å². The van der Waals surface area contributed by atoms with E-state index in [4.69, 9.17) is 4.74 Å². The molecule has 3 atom stereocenters. The molecule has 1 aliphatic heterocycles. The lowest BCUT2D eigenvalue weighted by Gasteiger charge is -2.36.